The minimum atomic E-state index is -0.190. The maximum atomic E-state index is 12.6. The van der Waals surface area contributed by atoms with Crippen LogP contribution in [0, 0.1) is 6.92 Å². The quantitative estimate of drug-likeness (QED) is 0.540. The first-order valence-corrected chi connectivity index (χ1v) is 9.98. The second-order valence-electron chi connectivity index (χ2n) is 5.12. The molecule has 4 aromatic heterocycles. The van der Waals surface area contributed by atoms with Crippen molar-refractivity contribution in [3.63, 3.8) is 0 Å². The molecular weight excluding hydrogens is 372 g/mol. The molecule has 0 atom stereocenters. The number of hydrogen-bond acceptors (Lipinski definition) is 7. The third kappa shape index (κ3) is 3.37. The lowest BCUT2D eigenvalue weighted by atomic mass is 10.3. The van der Waals surface area contributed by atoms with Crippen LogP contribution in [0.3, 0.4) is 0 Å². The number of nitrogens with one attached hydrogen (secondary N) is 1. The molecule has 4 aromatic rings. The zero-order valence-electron chi connectivity index (χ0n) is 13.1. The van der Waals surface area contributed by atoms with Crippen LogP contribution in [0.1, 0.15) is 15.4 Å². The number of carbonyl (C=O) groups excluding carboxylic acids is 1. The third-order valence-corrected chi connectivity index (χ3v) is 6.21. The minimum absolute atomic E-state index is 0.190. The fourth-order valence-electron chi connectivity index (χ4n) is 2.23. The molecule has 25 heavy (non-hydrogen) atoms. The van der Waals surface area contributed by atoms with E-state index in [2.05, 4.69) is 20.3 Å². The molecule has 1 amide bonds. The molecular formula is C17H12N4OS3. The van der Waals surface area contributed by atoms with Gasteiger partial charge in [0.05, 0.1) is 22.0 Å². The van der Waals surface area contributed by atoms with E-state index in [1.54, 1.807) is 17.5 Å². The summed E-state index contributed by atoms with van der Waals surface area (Å²) in [5, 5.41) is 8.14. The number of aryl methyl sites for hydroxylation is 1. The highest BCUT2D eigenvalue weighted by Gasteiger charge is 2.18. The largest absolute Gasteiger partial charge is 0.297 e. The predicted octanol–water partition coefficient (Wildman–Crippen LogP) is 4.95. The number of anilines is 1. The van der Waals surface area contributed by atoms with Gasteiger partial charge < -0.3 is 0 Å². The average Bonchev–Trinajstić information content (AvgIpc) is 3.35. The molecule has 1 N–H and O–H groups in total. The van der Waals surface area contributed by atoms with Crippen molar-refractivity contribution in [2.75, 3.05) is 5.32 Å². The van der Waals surface area contributed by atoms with E-state index in [-0.39, 0.29) is 5.91 Å². The number of nitrogens with zero attached hydrogens (tertiary/aromatic N) is 3. The molecule has 0 saturated carbocycles. The summed E-state index contributed by atoms with van der Waals surface area (Å²) >= 11 is 4.38. The molecule has 0 aliphatic carbocycles. The number of thiophene rings is 1. The topological polar surface area (TPSA) is 67.8 Å². The van der Waals surface area contributed by atoms with Crippen molar-refractivity contribution in [2.24, 2.45) is 0 Å². The first kappa shape index (κ1) is 16.1. The maximum Gasteiger partial charge on any atom is 0.269 e. The van der Waals surface area contributed by atoms with Gasteiger partial charge in [0.1, 0.15) is 9.88 Å². The number of thiazole rings is 2. The SMILES string of the molecule is Cc1nc(-c2ccccn2)sc1C(=O)Nc1nc(-c2cccs2)cs1. The molecule has 0 saturated heterocycles. The summed E-state index contributed by atoms with van der Waals surface area (Å²) in [6.07, 6.45) is 1.72. The fraction of sp³-hybridized carbons (Fsp3) is 0.0588. The van der Waals surface area contributed by atoms with Gasteiger partial charge in [0.15, 0.2) is 5.13 Å². The summed E-state index contributed by atoms with van der Waals surface area (Å²) in [5.41, 5.74) is 2.34. The highest BCUT2D eigenvalue weighted by Crippen LogP contribution is 2.30. The first-order chi connectivity index (χ1) is 12.2. The van der Waals surface area contributed by atoms with Gasteiger partial charge in [0.2, 0.25) is 0 Å². The standard InChI is InChI=1S/C17H12N4OS3/c1-10-14(25-16(19-10)11-5-2-3-7-18-11)15(22)21-17-20-12(9-24-17)13-6-4-8-23-13/h2-9H,1H3,(H,20,21,22). The monoisotopic (exact) mass is 384 g/mol. The van der Waals surface area contributed by atoms with Gasteiger partial charge in [-0.2, -0.15) is 0 Å². The second-order valence-corrected chi connectivity index (χ2v) is 7.92. The third-order valence-electron chi connectivity index (χ3n) is 3.39. The Balaban J connectivity index is 1.55. The number of hydrogen-bond donors (Lipinski definition) is 1. The number of carbonyl (C=O) groups is 1. The van der Waals surface area contributed by atoms with Crippen LogP contribution in [0.25, 0.3) is 21.3 Å². The van der Waals surface area contributed by atoms with Gasteiger partial charge in [-0.3, -0.25) is 15.1 Å². The van der Waals surface area contributed by atoms with Crippen LogP contribution in [-0.4, -0.2) is 20.9 Å². The Morgan fingerprint density at radius 1 is 1.08 bits per heavy atom. The normalized spacial score (nSPS) is 10.8. The zero-order valence-corrected chi connectivity index (χ0v) is 15.5. The Labute approximate surface area is 156 Å². The molecule has 8 heteroatoms. The van der Waals surface area contributed by atoms with Crippen LogP contribution in [0.4, 0.5) is 5.13 Å². The van der Waals surface area contributed by atoms with E-state index in [9.17, 15) is 4.79 Å². The van der Waals surface area contributed by atoms with Crippen LogP contribution in [-0.2, 0) is 0 Å². The van der Waals surface area contributed by atoms with Gasteiger partial charge in [-0.05, 0) is 30.5 Å². The zero-order chi connectivity index (χ0) is 17.2. The molecule has 0 radical (unpaired) electrons. The molecule has 0 aromatic carbocycles. The number of amides is 1. The summed E-state index contributed by atoms with van der Waals surface area (Å²) in [6.45, 7) is 1.83. The Bertz CT molecular complexity index is 1010. The maximum absolute atomic E-state index is 12.6. The molecule has 0 spiro atoms. The van der Waals surface area contributed by atoms with E-state index in [1.165, 1.54) is 22.7 Å². The Hall–Kier alpha value is -2.42. The number of rotatable bonds is 4. The van der Waals surface area contributed by atoms with Crippen LogP contribution in [0.15, 0.2) is 47.3 Å². The number of pyridine rings is 1. The van der Waals surface area contributed by atoms with E-state index in [4.69, 9.17) is 0 Å². The molecule has 0 aliphatic heterocycles. The molecule has 0 unspecified atom stereocenters. The van der Waals surface area contributed by atoms with E-state index < -0.39 is 0 Å². The molecule has 0 fully saturated rings. The summed E-state index contributed by atoms with van der Waals surface area (Å²) < 4.78 is 0. The molecule has 124 valence electrons. The first-order valence-electron chi connectivity index (χ1n) is 7.40. The van der Waals surface area contributed by atoms with Gasteiger partial charge in [-0.25, -0.2) is 9.97 Å². The average molecular weight is 385 g/mol. The second kappa shape index (κ2) is 6.83. The minimum Gasteiger partial charge on any atom is -0.297 e. The highest BCUT2D eigenvalue weighted by atomic mass is 32.1. The summed E-state index contributed by atoms with van der Waals surface area (Å²) in [4.78, 5) is 27.5. The Morgan fingerprint density at radius 2 is 2.00 bits per heavy atom. The van der Waals surface area contributed by atoms with Gasteiger partial charge in [0, 0.05) is 11.6 Å². The summed E-state index contributed by atoms with van der Waals surface area (Å²) in [6, 6.07) is 9.63. The number of aromatic nitrogens is 3. The lowest BCUT2D eigenvalue weighted by Crippen LogP contribution is -2.11. The van der Waals surface area contributed by atoms with E-state index in [1.807, 2.05) is 48.0 Å². The Kier molecular flexibility index (Phi) is 4.39. The van der Waals surface area contributed by atoms with E-state index in [0.717, 1.165) is 21.3 Å². The smallest absolute Gasteiger partial charge is 0.269 e. The van der Waals surface area contributed by atoms with Gasteiger partial charge >= 0.3 is 0 Å². The van der Waals surface area contributed by atoms with Crippen LogP contribution in [0.5, 0.6) is 0 Å². The molecule has 4 rings (SSSR count). The van der Waals surface area contributed by atoms with Crippen molar-refractivity contribution in [1.82, 2.24) is 15.0 Å². The lowest BCUT2D eigenvalue weighted by Gasteiger charge is -1.99. The molecule has 4 heterocycles. The van der Waals surface area contributed by atoms with Crippen molar-refractivity contribution in [3.8, 4) is 21.3 Å². The van der Waals surface area contributed by atoms with Crippen molar-refractivity contribution in [2.45, 2.75) is 6.92 Å². The van der Waals surface area contributed by atoms with E-state index >= 15 is 0 Å². The van der Waals surface area contributed by atoms with Crippen molar-refractivity contribution in [3.05, 3.63) is 57.9 Å². The highest BCUT2D eigenvalue weighted by molar-refractivity contribution is 7.17. The van der Waals surface area contributed by atoms with E-state index in [0.29, 0.717) is 15.7 Å². The van der Waals surface area contributed by atoms with Crippen LogP contribution < -0.4 is 5.32 Å². The van der Waals surface area contributed by atoms with Gasteiger partial charge in [-0.1, -0.05) is 12.1 Å². The van der Waals surface area contributed by atoms with Crippen molar-refractivity contribution < 1.29 is 4.79 Å². The fourth-order valence-corrected chi connectivity index (χ4v) is 4.63. The van der Waals surface area contributed by atoms with Gasteiger partial charge in [-0.15, -0.1) is 34.0 Å². The van der Waals surface area contributed by atoms with Crippen LogP contribution in [0.2, 0.25) is 0 Å². The van der Waals surface area contributed by atoms with Gasteiger partial charge in [0.25, 0.3) is 5.91 Å². The van der Waals surface area contributed by atoms with Crippen molar-refractivity contribution in [1.29, 1.82) is 0 Å². The summed E-state index contributed by atoms with van der Waals surface area (Å²) in [5.74, 6) is -0.190. The van der Waals surface area contributed by atoms with Crippen LogP contribution >= 0.6 is 34.0 Å². The Morgan fingerprint density at radius 3 is 2.76 bits per heavy atom. The molecule has 5 nitrogen and oxygen atoms in total. The summed E-state index contributed by atoms with van der Waals surface area (Å²) in [7, 11) is 0. The van der Waals surface area contributed by atoms with Crippen molar-refractivity contribution >= 4 is 45.0 Å². The predicted molar refractivity (Wildman–Crippen MR) is 103 cm³/mol. The lowest BCUT2D eigenvalue weighted by molar-refractivity contribution is 0.103. The molecule has 0 aliphatic rings. The molecule has 0 bridgehead atoms.